The van der Waals surface area contributed by atoms with E-state index in [-0.39, 0.29) is 11.7 Å². The highest BCUT2D eigenvalue weighted by molar-refractivity contribution is 5.82. The van der Waals surface area contributed by atoms with Gasteiger partial charge in [0.15, 0.2) is 0 Å². The number of ketones is 1. The lowest BCUT2D eigenvalue weighted by atomic mass is 9.84. The fourth-order valence-electron chi connectivity index (χ4n) is 1.71. The molecule has 0 aromatic carbocycles. The fourth-order valence-corrected chi connectivity index (χ4v) is 1.71. The Balaban J connectivity index is 2.42. The van der Waals surface area contributed by atoms with Crippen LogP contribution in [0.1, 0.15) is 32.1 Å². The highest BCUT2D eigenvalue weighted by Crippen LogP contribution is 2.24. The molecule has 1 fully saturated rings. The van der Waals surface area contributed by atoms with Crippen LogP contribution >= 0.6 is 0 Å². The van der Waals surface area contributed by atoms with Crippen LogP contribution in [0, 0.1) is 5.92 Å². The molecule has 3 N–H and O–H groups in total. The van der Waals surface area contributed by atoms with Gasteiger partial charge in [0.2, 0.25) is 0 Å². The molecule has 1 saturated carbocycles. The minimum absolute atomic E-state index is 0.111. The Labute approximate surface area is 77.1 Å². The van der Waals surface area contributed by atoms with E-state index in [9.17, 15) is 9.59 Å². The van der Waals surface area contributed by atoms with Crippen LogP contribution in [0.4, 0.5) is 0 Å². The summed E-state index contributed by atoms with van der Waals surface area (Å²) in [6, 6.07) is -0.882. The Hall–Kier alpha value is -0.900. The maximum absolute atomic E-state index is 11.3. The largest absolute Gasteiger partial charge is 0.480 e. The Kier molecular flexibility index (Phi) is 3.42. The summed E-state index contributed by atoms with van der Waals surface area (Å²) in [6.45, 7) is 0. The fraction of sp³-hybridized carbons (Fsp3) is 0.778. The summed E-state index contributed by atoms with van der Waals surface area (Å²) >= 11 is 0. The second-order valence-electron chi connectivity index (χ2n) is 3.59. The van der Waals surface area contributed by atoms with Gasteiger partial charge in [0.05, 0.1) is 0 Å². The molecule has 0 bridgehead atoms. The van der Waals surface area contributed by atoms with Crippen LogP contribution in [0.3, 0.4) is 0 Å². The van der Waals surface area contributed by atoms with E-state index in [1.165, 1.54) is 0 Å². The third-order valence-corrected chi connectivity index (χ3v) is 2.54. The molecule has 2 atom stereocenters. The maximum atomic E-state index is 11.3. The number of nitrogens with two attached hydrogens (primary N) is 1. The van der Waals surface area contributed by atoms with Crippen molar-refractivity contribution >= 4 is 11.8 Å². The van der Waals surface area contributed by atoms with Gasteiger partial charge in [0.1, 0.15) is 11.8 Å². The first kappa shape index (κ1) is 10.2. The van der Waals surface area contributed by atoms with Gasteiger partial charge < -0.3 is 10.8 Å². The molecule has 0 spiro atoms. The van der Waals surface area contributed by atoms with Crippen molar-refractivity contribution in [2.75, 3.05) is 0 Å². The van der Waals surface area contributed by atoms with E-state index < -0.39 is 12.0 Å². The first-order valence-electron chi connectivity index (χ1n) is 4.62. The number of Topliss-reactive ketones (excluding diaryl/α,β-unsaturated/α-hetero) is 1. The molecular weight excluding hydrogens is 170 g/mol. The van der Waals surface area contributed by atoms with Crippen molar-refractivity contribution in [1.29, 1.82) is 0 Å². The average molecular weight is 185 g/mol. The van der Waals surface area contributed by atoms with Crippen LogP contribution in [-0.2, 0) is 9.59 Å². The second kappa shape index (κ2) is 4.37. The van der Waals surface area contributed by atoms with E-state index in [2.05, 4.69) is 0 Å². The molecule has 0 saturated heterocycles. The van der Waals surface area contributed by atoms with E-state index >= 15 is 0 Å². The number of hydrogen-bond donors (Lipinski definition) is 2. The Morgan fingerprint density at radius 3 is 2.85 bits per heavy atom. The van der Waals surface area contributed by atoms with Crippen LogP contribution in [-0.4, -0.2) is 22.9 Å². The molecule has 0 heterocycles. The Morgan fingerprint density at radius 2 is 2.31 bits per heavy atom. The van der Waals surface area contributed by atoms with Gasteiger partial charge in [-0.15, -0.1) is 0 Å². The van der Waals surface area contributed by atoms with E-state index in [4.69, 9.17) is 10.8 Å². The summed E-state index contributed by atoms with van der Waals surface area (Å²) in [5.41, 5.74) is 5.36. The molecular formula is C9H15NO3. The summed E-state index contributed by atoms with van der Waals surface area (Å²) in [6.07, 6.45) is 3.66. The SMILES string of the molecule is N[C@@H](C[C@@H]1CCCCC1=O)C(=O)O. The summed E-state index contributed by atoms with van der Waals surface area (Å²) in [5.74, 6) is -0.943. The normalized spacial score (nSPS) is 25.6. The van der Waals surface area contributed by atoms with Gasteiger partial charge in [-0.25, -0.2) is 0 Å². The van der Waals surface area contributed by atoms with Crippen molar-refractivity contribution in [3.63, 3.8) is 0 Å². The standard InChI is InChI=1S/C9H15NO3/c10-7(9(12)13)5-6-3-1-2-4-8(6)11/h6-7H,1-5,10H2,(H,12,13)/t6-,7-/m0/s1. The van der Waals surface area contributed by atoms with Gasteiger partial charge in [-0.3, -0.25) is 9.59 Å². The number of rotatable bonds is 3. The quantitative estimate of drug-likeness (QED) is 0.672. The summed E-state index contributed by atoms with van der Waals surface area (Å²) in [7, 11) is 0. The van der Waals surface area contributed by atoms with Gasteiger partial charge >= 0.3 is 5.97 Å². The van der Waals surface area contributed by atoms with E-state index in [1.54, 1.807) is 0 Å². The molecule has 0 aromatic heterocycles. The first-order chi connectivity index (χ1) is 6.11. The number of carboxylic acids is 1. The van der Waals surface area contributed by atoms with E-state index in [0.717, 1.165) is 19.3 Å². The zero-order valence-electron chi connectivity index (χ0n) is 7.53. The van der Waals surface area contributed by atoms with Gasteiger partial charge in [-0.1, -0.05) is 6.42 Å². The Bertz CT molecular complexity index is 215. The summed E-state index contributed by atoms with van der Waals surface area (Å²) < 4.78 is 0. The minimum Gasteiger partial charge on any atom is -0.480 e. The van der Waals surface area contributed by atoms with Crippen molar-refractivity contribution in [1.82, 2.24) is 0 Å². The molecule has 1 rings (SSSR count). The monoisotopic (exact) mass is 185 g/mol. The molecule has 4 nitrogen and oxygen atoms in total. The van der Waals surface area contributed by atoms with Crippen molar-refractivity contribution in [3.8, 4) is 0 Å². The predicted molar refractivity (Wildman–Crippen MR) is 47.2 cm³/mol. The molecule has 74 valence electrons. The highest BCUT2D eigenvalue weighted by Gasteiger charge is 2.26. The molecule has 1 aliphatic carbocycles. The van der Waals surface area contributed by atoms with Crippen LogP contribution in [0.5, 0.6) is 0 Å². The number of carbonyl (C=O) groups excluding carboxylic acids is 1. The number of hydrogen-bond acceptors (Lipinski definition) is 3. The molecule has 0 aromatic rings. The van der Waals surface area contributed by atoms with Crippen molar-refractivity contribution in [2.24, 2.45) is 11.7 Å². The molecule has 13 heavy (non-hydrogen) atoms. The van der Waals surface area contributed by atoms with Gasteiger partial charge in [-0.05, 0) is 19.3 Å². The van der Waals surface area contributed by atoms with Crippen LogP contribution in [0.25, 0.3) is 0 Å². The average Bonchev–Trinajstić information content (AvgIpc) is 2.08. The molecule has 0 aliphatic heterocycles. The number of aliphatic carboxylic acids is 1. The topological polar surface area (TPSA) is 80.4 Å². The molecule has 0 radical (unpaired) electrons. The summed E-state index contributed by atoms with van der Waals surface area (Å²) in [4.78, 5) is 21.7. The van der Waals surface area contributed by atoms with Gasteiger partial charge in [0.25, 0.3) is 0 Å². The van der Waals surface area contributed by atoms with Gasteiger partial charge in [-0.2, -0.15) is 0 Å². The van der Waals surface area contributed by atoms with Gasteiger partial charge in [0, 0.05) is 12.3 Å². The van der Waals surface area contributed by atoms with Crippen LogP contribution in [0.15, 0.2) is 0 Å². The lowest BCUT2D eigenvalue weighted by Gasteiger charge is -2.21. The number of carbonyl (C=O) groups is 2. The lowest BCUT2D eigenvalue weighted by molar-refractivity contribution is -0.139. The van der Waals surface area contributed by atoms with Crippen LogP contribution in [0.2, 0.25) is 0 Å². The predicted octanol–water partition coefficient (Wildman–Crippen LogP) is 0.548. The second-order valence-corrected chi connectivity index (χ2v) is 3.59. The highest BCUT2D eigenvalue weighted by atomic mass is 16.4. The maximum Gasteiger partial charge on any atom is 0.320 e. The van der Waals surface area contributed by atoms with Crippen molar-refractivity contribution in [3.05, 3.63) is 0 Å². The minimum atomic E-state index is -1.02. The molecule has 0 amide bonds. The first-order valence-corrected chi connectivity index (χ1v) is 4.62. The van der Waals surface area contributed by atoms with E-state index in [0.29, 0.717) is 12.8 Å². The summed E-state index contributed by atoms with van der Waals surface area (Å²) in [5, 5.41) is 8.56. The Morgan fingerprint density at radius 1 is 1.62 bits per heavy atom. The molecule has 4 heteroatoms. The lowest BCUT2D eigenvalue weighted by Crippen LogP contribution is -2.35. The third kappa shape index (κ3) is 2.81. The third-order valence-electron chi connectivity index (χ3n) is 2.54. The van der Waals surface area contributed by atoms with Crippen LogP contribution < -0.4 is 5.73 Å². The molecule has 1 aliphatic rings. The zero-order chi connectivity index (χ0) is 9.84. The zero-order valence-corrected chi connectivity index (χ0v) is 7.53. The van der Waals surface area contributed by atoms with Crippen molar-refractivity contribution in [2.45, 2.75) is 38.1 Å². The van der Waals surface area contributed by atoms with E-state index in [1.807, 2.05) is 0 Å². The smallest absolute Gasteiger partial charge is 0.320 e. The van der Waals surface area contributed by atoms with Crippen molar-refractivity contribution < 1.29 is 14.7 Å². The number of carboxylic acid groups (broad SMARTS) is 1. The molecule has 0 unspecified atom stereocenters.